The third-order valence-electron chi connectivity index (χ3n) is 4.19. The minimum atomic E-state index is -0.0908. The summed E-state index contributed by atoms with van der Waals surface area (Å²) in [6, 6.07) is 15.9. The largest absolute Gasteiger partial charge is 0.360 e. The number of rotatable bonds is 2. The van der Waals surface area contributed by atoms with Gasteiger partial charge in [-0.3, -0.25) is 9.59 Å². The number of nitrogens with zero attached hydrogens (tertiary/aromatic N) is 1. The summed E-state index contributed by atoms with van der Waals surface area (Å²) in [5.74, 6) is -0.135. The predicted octanol–water partition coefficient (Wildman–Crippen LogP) is 2.60. The second-order valence-corrected chi connectivity index (χ2v) is 6.15. The van der Waals surface area contributed by atoms with Crippen LogP contribution in [0.25, 0.3) is 11.1 Å². The number of nitrogens with one attached hydrogen (secondary N) is 1. The molecule has 1 fully saturated rings. The lowest BCUT2D eigenvalue weighted by molar-refractivity contribution is -0.121. The summed E-state index contributed by atoms with van der Waals surface area (Å²) in [5.41, 5.74) is 4.03. The Kier molecular flexibility index (Phi) is 5.46. The van der Waals surface area contributed by atoms with Crippen molar-refractivity contribution in [3.8, 4) is 11.1 Å². The van der Waals surface area contributed by atoms with Crippen LogP contribution in [0, 0.1) is 6.92 Å². The van der Waals surface area contributed by atoms with Gasteiger partial charge >= 0.3 is 0 Å². The molecule has 25 heavy (non-hydrogen) atoms. The third-order valence-corrected chi connectivity index (χ3v) is 4.19. The molecule has 1 aliphatic rings. The van der Waals surface area contributed by atoms with E-state index in [1.165, 1.54) is 5.56 Å². The molecule has 1 heterocycles. The van der Waals surface area contributed by atoms with Crippen molar-refractivity contribution in [3.05, 3.63) is 59.7 Å². The standard InChI is InChI=1S/C20H22N2O3/c1-15-3-2-4-18(13-15)16-5-7-17(8-6-16)20(24)22-11-10-21-19(23)9-12-25-14-22/h2-8,13H,9-12,14H2,1H3,(H,21,23). The molecule has 2 aromatic carbocycles. The molecule has 0 bridgehead atoms. The van der Waals surface area contributed by atoms with E-state index in [1.807, 2.05) is 30.3 Å². The Balaban J connectivity index is 1.72. The van der Waals surface area contributed by atoms with Crippen molar-refractivity contribution in [3.63, 3.8) is 0 Å². The molecule has 0 aliphatic carbocycles. The van der Waals surface area contributed by atoms with Crippen molar-refractivity contribution in [1.29, 1.82) is 0 Å². The molecule has 0 saturated carbocycles. The molecule has 1 aliphatic heterocycles. The van der Waals surface area contributed by atoms with Crippen molar-refractivity contribution in [2.45, 2.75) is 13.3 Å². The van der Waals surface area contributed by atoms with Gasteiger partial charge in [-0.2, -0.15) is 0 Å². The highest BCUT2D eigenvalue weighted by Gasteiger charge is 2.17. The van der Waals surface area contributed by atoms with Crippen molar-refractivity contribution >= 4 is 11.8 Å². The number of ether oxygens (including phenoxy) is 1. The smallest absolute Gasteiger partial charge is 0.255 e. The molecule has 1 saturated heterocycles. The summed E-state index contributed by atoms with van der Waals surface area (Å²) in [6.07, 6.45) is 0.327. The van der Waals surface area contributed by atoms with Crippen LogP contribution in [0.2, 0.25) is 0 Å². The number of hydrogen-bond donors (Lipinski definition) is 1. The SMILES string of the molecule is Cc1cccc(-c2ccc(C(=O)N3CCNC(=O)CCOC3)cc2)c1. The minimum absolute atomic E-state index is 0.0446. The lowest BCUT2D eigenvalue weighted by atomic mass is 10.0. The van der Waals surface area contributed by atoms with Crippen LogP contribution >= 0.6 is 0 Å². The van der Waals surface area contributed by atoms with Crippen LogP contribution in [-0.2, 0) is 9.53 Å². The molecule has 3 rings (SSSR count). The Morgan fingerprint density at radius 1 is 1.12 bits per heavy atom. The fourth-order valence-corrected chi connectivity index (χ4v) is 2.80. The zero-order chi connectivity index (χ0) is 17.6. The zero-order valence-corrected chi connectivity index (χ0v) is 14.3. The fraction of sp³-hybridized carbons (Fsp3) is 0.300. The third kappa shape index (κ3) is 4.45. The Labute approximate surface area is 147 Å². The van der Waals surface area contributed by atoms with Gasteiger partial charge in [0.2, 0.25) is 5.91 Å². The Bertz CT molecular complexity index is 756. The van der Waals surface area contributed by atoms with Gasteiger partial charge in [-0.1, -0.05) is 42.0 Å². The molecule has 0 unspecified atom stereocenters. The second-order valence-electron chi connectivity index (χ2n) is 6.15. The monoisotopic (exact) mass is 338 g/mol. The number of amides is 2. The molecule has 130 valence electrons. The molecule has 0 atom stereocenters. The van der Waals surface area contributed by atoms with Gasteiger partial charge in [0.15, 0.2) is 0 Å². The minimum Gasteiger partial charge on any atom is -0.360 e. The molecule has 0 spiro atoms. The molecular weight excluding hydrogens is 316 g/mol. The number of hydrogen-bond acceptors (Lipinski definition) is 3. The number of carbonyl (C=O) groups is 2. The van der Waals surface area contributed by atoms with Crippen LogP contribution in [-0.4, -0.2) is 43.1 Å². The Hall–Kier alpha value is -2.66. The molecule has 5 nitrogen and oxygen atoms in total. The predicted molar refractivity (Wildman–Crippen MR) is 96.1 cm³/mol. The molecule has 1 N–H and O–H groups in total. The molecule has 0 radical (unpaired) electrons. The van der Waals surface area contributed by atoms with E-state index < -0.39 is 0 Å². The van der Waals surface area contributed by atoms with Gasteiger partial charge in [0.25, 0.3) is 5.91 Å². The maximum absolute atomic E-state index is 12.7. The number of carbonyl (C=O) groups excluding carboxylic acids is 2. The lowest BCUT2D eigenvalue weighted by Crippen LogP contribution is -2.38. The van der Waals surface area contributed by atoms with Crippen LogP contribution in [0.4, 0.5) is 0 Å². The van der Waals surface area contributed by atoms with Crippen LogP contribution < -0.4 is 5.32 Å². The first-order valence-electron chi connectivity index (χ1n) is 8.44. The first kappa shape index (κ1) is 17.2. The van der Waals surface area contributed by atoms with E-state index in [-0.39, 0.29) is 18.5 Å². The van der Waals surface area contributed by atoms with Gasteiger partial charge in [0.05, 0.1) is 13.0 Å². The van der Waals surface area contributed by atoms with Gasteiger partial charge in [0.1, 0.15) is 6.73 Å². The van der Waals surface area contributed by atoms with E-state index in [2.05, 4.69) is 30.4 Å². The number of aryl methyl sites for hydroxylation is 1. The van der Waals surface area contributed by atoms with E-state index in [0.717, 1.165) is 11.1 Å². The van der Waals surface area contributed by atoms with Gasteiger partial charge in [-0.25, -0.2) is 0 Å². The average Bonchev–Trinajstić information content (AvgIpc) is 2.73. The van der Waals surface area contributed by atoms with Crippen LogP contribution in [0.15, 0.2) is 48.5 Å². The summed E-state index contributed by atoms with van der Waals surface area (Å²) in [4.78, 5) is 25.7. The van der Waals surface area contributed by atoms with Gasteiger partial charge < -0.3 is 15.0 Å². The van der Waals surface area contributed by atoms with E-state index >= 15 is 0 Å². The number of benzene rings is 2. The summed E-state index contributed by atoms with van der Waals surface area (Å²) in [6.45, 7) is 3.46. The van der Waals surface area contributed by atoms with Crippen molar-refractivity contribution in [2.24, 2.45) is 0 Å². The topological polar surface area (TPSA) is 58.6 Å². The molecular formula is C20H22N2O3. The fourth-order valence-electron chi connectivity index (χ4n) is 2.80. The van der Waals surface area contributed by atoms with Crippen LogP contribution in [0.1, 0.15) is 22.3 Å². The Morgan fingerprint density at radius 3 is 2.68 bits per heavy atom. The first-order chi connectivity index (χ1) is 12.1. The van der Waals surface area contributed by atoms with E-state index in [4.69, 9.17) is 4.74 Å². The van der Waals surface area contributed by atoms with Crippen molar-refractivity contribution in [2.75, 3.05) is 26.4 Å². The highest BCUT2D eigenvalue weighted by molar-refractivity contribution is 5.94. The van der Waals surface area contributed by atoms with E-state index in [1.54, 1.807) is 4.90 Å². The lowest BCUT2D eigenvalue weighted by Gasteiger charge is -2.21. The van der Waals surface area contributed by atoms with E-state index in [0.29, 0.717) is 31.7 Å². The van der Waals surface area contributed by atoms with E-state index in [9.17, 15) is 9.59 Å². The maximum Gasteiger partial charge on any atom is 0.255 e. The summed E-state index contributed by atoms with van der Waals surface area (Å²) < 4.78 is 5.43. The van der Waals surface area contributed by atoms with Gasteiger partial charge in [-0.15, -0.1) is 0 Å². The molecule has 5 heteroatoms. The normalized spacial score (nSPS) is 15.7. The zero-order valence-electron chi connectivity index (χ0n) is 14.3. The summed E-state index contributed by atoms with van der Waals surface area (Å²) >= 11 is 0. The molecule has 0 aromatic heterocycles. The summed E-state index contributed by atoms with van der Waals surface area (Å²) in [7, 11) is 0. The van der Waals surface area contributed by atoms with Crippen molar-refractivity contribution < 1.29 is 14.3 Å². The highest BCUT2D eigenvalue weighted by atomic mass is 16.5. The van der Waals surface area contributed by atoms with Crippen LogP contribution in [0.5, 0.6) is 0 Å². The maximum atomic E-state index is 12.7. The Morgan fingerprint density at radius 2 is 1.92 bits per heavy atom. The first-order valence-corrected chi connectivity index (χ1v) is 8.44. The summed E-state index contributed by atoms with van der Waals surface area (Å²) in [5, 5.41) is 2.78. The average molecular weight is 338 g/mol. The second kappa shape index (κ2) is 7.94. The quantitative estimate of drug-likeness (QED) is 0.916. The molecule has 2 aromatic rings. The molecule has 2 amide bonds. The van der Waals surface area contributed by atoms with Crippen molar-refractivity contribution in [1.82, 2.24) is 10.2 Å². The van der Waals surface area contributed by atoms with Gasteiger partial charge in [-0.05, 0) is 30.2 Å². The van der Waals surface area contributed by atoms with Crippen LogP contribution in [0.3, 0.4) is 0 Å². The highest BCUT2D eigenvalue weighted by Crippen LogP contribution is 2.21. The van der Waals surface area contributed by atoms with Gasteiger partial charge in [0, 0.05) is 18.7 Å².